The summed E-state index contributed by atoms with van der Waals surface area (Å²) in [6.45, 7) is 0. The molecule has 1 aromatic carbocycles. The van der Waals surface area contributed by atoms with E-state index < -0.39 is 11.7 Å². The quantitative estimate of drug-likeness (QED) is 0.567. The van der Waals surface area contributed by atoms with Crippen LogP contribution < -0.4 is 0 Å². The van der Waals surface area contributed by atoms with Gasteiger partial charge in [0.2, 0.25) is 0 Å². The van der Waals surface area contributed by atoms with Gasteiger partial charge in [-0.1, -0.05) is 30.3 Å². The summed E-state index contributed by atoms with van der Waals surface area (Å²) in [6, 6.07) is 9.71. The molecule has 2 N–H and O–H groups in total. The van der Waals surface area contributed by atoms with E-state index in [0.29, 0.717) is 6.42 Å². The number of carboxylic acids is 1. The van der Waals surface area contributed by atoms with Gasteiger partial charge in [-0.2, -0.15) is 0 Å². The average Bonchev–Trinajstić information content (AvgIpc) is 2.19. The minimum Gasteiger partial charge on any atom is -0.502 e. The maximum absolute atomic E-state index is 10.2. The predicted molar refractivity (Wildman–Crippen MR) is 53.1 cm³/mol. The summed E-state index contributed by atoms with van der Waals surface area (Å²) in [6.07, 6.45) is 2.58. The first-order valence-electron chi connectivity index (χ1n) is 4.36. The Hall–Kier alpha value is -1.77. The van der Waals surface area contributed by atoms with Crippen LogP contribution in [0.3, 0.4) is 0 Å². The van der Waals surface area contributed by atoms with Gasteiger partial charge in [-0.05, 0) is 24.5 Å². The van der Waals surface area contributed by atoms with E-state index in [1.54, 1.807) is 0 Å². The third-order valence-corrected chi connectivity index (χ3v) is 1.83. The first-order chi connectivity index (χ1) is 6.70. The van der Waals surface area contributed by atoms with E-state index in [4.69, 9.17) is 10.2 Å². The van der Waals surface area contributed by atoms with Crippen LogP contribution in [-0.2, 0) is 11.2 Å². The first-order valence-corrected chi connectivity index (χ1v) is 4.36. The number of benzene rings is 1. The molecule has 0 saturated carbocycles. The molecule has 0 aliphatic rings. The lowest BCUT2D eigenvalue weighted by Gasteiger charge is -1.96. The number of aryl methyl sites for hydroxylation is 1. The van der Waals surface area contributed by atoms with Crippen LogP contribution in [0.15, 0.2) is 42.2 Å². The Morgan fingerprint density at radius 2 is 1.86 bits per heavy atom. The Morgan fingerprint density at radius 1 is 1.21 bits per heavy atom. The molecule has 14 heavy (non-hydrogen) atoms. The summed E-state index contributed by atoms with van der Waals surface area (Å²) < 4.78 is 0. The van der Waals surface area contributed by atoms with Gasteiger partial charge in [0.25, 0.3) is 0 Å². The van der Waals surface area contributed by atoms with Crippen molar-refractivity contribution in [3.05, 3.63) is 47.7 Å². The molecule has 1 rings (SSSR count). The Balaban J connectivity index is 2.43. The molecular weight excluding hydrogens is 180 g/mol. The molecule has 0 unspecified atom stereocenters. The lowest BCUT2D eigenvalue weighted by atomic mass is 10.1. The van der Waals surface area contributed by atoms with Crippen molar-refractivity contribution in [2.75, 3.05) is 0 Å². The van der Waals surface area contributed by atoms with Crippen LogP contribution in [0.5, 0.6) is 0 Å². The predicted octanol–water partition coefficient (Wildman–Crippen LogP) is 2.15. The molecule has 0 atom stereocenters. The molecule has 3 nitrogen and oxygen atoms in total. The van der Waals surface area contributed by atoms with Crippen molar-refractivity contribution in [3.63, 3.8) is 0 Å². The van der Waals surface area contributed by atoms with E-state index in [2.05, 4.69) is 0 Å². The van der Waals surface area contributed by atoms with E-state index in [0.717, 1.165) is 12.0 Å². The molecule has 0 aliphatic heterocycles. The number of hydrogen-bond donors (Lipinski definition) is 2. The summed E-state index contributed by atoms with van der Waals surface area (Å²) in [7, 11) is 0. The molecule has 1 aromatic rings. The van der Waals surface area contributed by atoms with E-state index in [1.807, 2.05) is 30.3 Å². The molecule has 0 aliphatic carbocycles. The van der Waals surface area contributed by atoms with Gasteiger partial charge in [-0.3, -0.25) is 0 Å². The number of aliphatic hydroxyl groups excluding tert-OH is 1. The molecule has 0 amide bonds. The summed E-state index contributed by atoms with van der Waals surface area (Å²) in [4.78, 5) is 10.2. The largest absolute Gasteiger partial charge is 0.502 e. The number of carboxylic acid groups (broad SMARTS) is 1. The van der Waals surface area contributed by atoms with Crippen LogP contribution in [0.4, 0.5) is 0 Å². The van der Waals surface area contributed by atoms with Gasteiger partial charge in [-0.25, -0.2) is 4.79 Å². The summed E-state index contributed by atoms with van der Waals surface area (Å²) in [5.74, 6) is -1.86. The molecule has 74 valence electrons. The lowest BCUT2D eigenvalue weighted by Crippen LogP contribution is -1.98. The van der Waals surface area contributed by atoms with Gasteiger partial charge in [-0.15, -0.1) is 0 Å². The van der Waals surface area contributed by atoms with Crippen LogP contribution in [0.2, 0.25) is 0 Å². The van der Waals surface area contributed by atoms with Crippen molar-refractivity contribution in [1.82, 2.24) is 0 Å². The molecule has 3 heteroatoms. The third kappa shape index (κ3) is 3.31. The molecule has 0 bridgehead atoms. The highest BCUT2D eigenvalue weighted by Gasteiger charge is 2.01. The fourth-order valence-electron chi connectivity index (χ4n) is 1.11. The zero-order valence-electron chi connectivity index (χ0n) is 7.68. The number of hydrogen-bond acceptors (Lipinski definition) is 2. The van der Waals surface area contributed by atoms with E-state index >= 15 is 0 Å². The van der Waals surface area contributed by atoms with Crippen LogP contribution in [0.1, 0.15) is 12.0 Å². The van der Waals surface area contributed by atoms with Crippen molar-refractivity contribution in [2.45, 2.75) is 12.8 Å². The minimum atomic E-state index is -1.28. The van der Waals surface area contributed by atoms with Crippen LogP contribution in [0, 0.1) is 0 Å². The zero-order valence-corrected chi connectivity index (χ0v) is 7.68. The average molecular weight is 192 g/mol. The number of aliphatic hydroxyl groups is 1. The van der Waals surface area contributed by atoms with Crippen molar-refractivity contribution in [3.8, 4) is 0 Å². The zero-order chi connectivity index (χ0) is 10.4. The van der Waals surface area contributed by atoms with Crippen molar-refractivity contribution in [1.29, 1.82) is 0 Å². The number of rotatable bonds is 4. The second-order valence-electron chi connectivity index (χ2n) is 2.92. The number of carbonyl (C=O) groups is 1. The molecule has 0 radical (unpaired) electrons. The first kappa shape index (κ1) is 10.3. The molecule has 0 heterocycles. The lowest BCUT2D eigenvalue weighted by molar-refractivity contribution is -0.135. The normalized spacial score (nSPS) is 11.3. The van der Waals surface area contributed by atoms with Gasteiger partial charge >= 0.3 is 5.97 Å². The van der Waals surface area contributed by atoms with Crippen LogP contribution in [0.25, 0.3) is 0 Å². The Kier molecular flexibility index (Phi) is 3.73. The van der Waals surface area contributed by atoms with Crippen molar-refractivity contribution in [2.24, 2.45) is 0 Å². The second-order valence-corrected chi connectivity index (χ2v) is 2.92. The van der Waals surface area contributed by atoms with Crippen LogP contribution >= 0.6 is 0 Å². The topological polar surface area (TPSA) is 57.5 Å². The van der Waals surface area contributed by atoms with E-state index in [1.165, 1.54) is 6.08 Å². The molecular formula is C11H12O3. The highest BCUT2D eigenvalue weighted by Crippen LogP contribution is 2.03. The van der Waals surface area contributed by atoms with Crippen molar-refractivity contribution >= 4 is 5.97 Å². The maximum atomic E-state index is 10.2. The van der Waals surface area contributed by atoms with E-state index in [-0.39, 0.29) is 0 Å². The van der Waals surface area contributed by atoms with Gasteiger partial charge in [0.15, 0.2) is 5.76 Å². The van der Waals surface area contributed by atoms with E-state index in [9.17, 15) is 4.79 Å². The Morgan fingerprint density at radius 3 is 2.43 bits per heavy atom. The second kappa shape index (κ2) is 5.07. The molecule has 0 saturated heterocycles. The van der Waals surface area contributed by atoms with Gasteiger partial charge in [0.1, 0.15) is 0 Å². The molecule has 0 fully saturated rings. The SMILES string of the molecule is O=C(O)C(O)=CCCc1ccccc1. The highest BCUT2D eigenvalue weighted by molar-refractivity contribution is 5.83. The summed E-state index contributed by atoms with van der Waals surface area (Å²) >= 11 is 0. The highest BCUT2D eigenvalue weighted by atomic mass is 16.4. The third-order valence-electron chi connectivity index (χ3n) is 1.83. The standard InChI is InChI=1S/C11H12O3/c12-10(11(13)14)8-4-7-9-5-2-1-3-6-9/h1-3,5-6,8,12H,4,7H2,(H,13,14). The molecule has 0 spiro atoms. The van der Waals surface area contributed by atoms with Gasteiger partial charge in [0.05, 0.1) is 0 Å². The fraction of sp³-hybridized carbons (Fsp3) is 0.182. The number of allylic oxidation sites excluding steroid dienone is 1. The molecule has 0 aromatic heterocycles. The van der Waals surface area contributed by atoms with Gasteiger partial charge in [0, 0.05) is 0 Å². The van der Waals surface area contributed by atoms with Crippen molar-refractivity contribution < 1.29 is 15.0 Å². The van der Waals surface area contributed by atoms with Gasteiger partial charge < -0.3 is 10.2 Å². The smallest absolute Gasteiger partial charge is 0.370 e. The maximum Gasteiger partial charge on any atom is 0.370 e. The number of aliphatic carboxylic acids is 1. The Labute approximate surface area is 82.3 Å². The monoisotopic (exact) mass is 192 g/mol. The fourth-order valence-corrected chi connectivity index (χ4v) is 1.11. The minimum absolute atomic E-state index is 0.530. The Bertz CT molecular complexity index is 328. The van der Waals surface area contributed by atoms with Crippen LogP contribution in [-0.4, -0.2) is 16.2 Å². The summed E-state index contributed by atoms with van der Waals surface area (Å²) in [5.41, 5.74) is 1.13. The summed E-state index contributed by atoms with van der Waals surface area (Å²) in [5, 5.41) is 17.2.